The molecule has 0 radical (unpaired) electrons. The van der Waals surface area contributed by atoms with Crippen molar-refractivity contribution in [2.75, 3.05) is 0 Å². The Morgan fingerprint density at radius 3 is 2.06 bits per heavy atom. The van der Waals surface area contributed by atoms with Gasteiger partial charge < -0.3 is 0 Å². The van der Waals surface area contributed by atoms with Crippen LogP contribution in [0, 0.1) is 13.8 Å². The Kier molecular flexibility index (Phi) is 5.52. The van der Waals surface area contributed by atoms with Gasteiger partial charge in [0.1, 0.15) is 0 Å². The van der Waals surface area contributed by atoms with Crippen molar-refractivity contribution in [1.29, 1.82) is 0 Å². The molecule has 0 heterocycles. The summed E-state index contributed by atoms with van der Waals surface area (Å²) in [7, 11) is 0. The summed E-state index contributed by atoms with van der Waals surface area (Å²) in [6, 6.07) is 17.1. The highest BCUT2D eigenvalue weighted by Crippen LogP contribution is 2.23. The van der Waals surface area contributed by atoms with Gasteiger partial charge in [0.25, 0.3) is 0 Å². The molecule has 0 spiro atoms. The highest BCUT2D eigenvalue weighted by atomic mass is 14.0. The van der Waals surface area contributed by atoms with Crippen LogP contribution < -0.4 is 0 Å². The van der Waals surface area contributed by atoms with Crippen molar-refractivity contribution >= 4 is 0 Å². The molecule has 0 saturated carbocycles. The Bertz CT molecular complexity index is 441. The van der Waals surface area contributed by atoms with Crippen LogP contribution in [0.3, 0.4) is 0 Å². The van der Waals surface area contributed by atoms with E-state index in [1.165, 1.54) is 22.3 Å². The quantitative estimate of drug-likeness (QED) is 0.608. The molecule has 0 N–H and O–H groups in total. The Morgan fingerprint density at radius 2 is 1.44 bits per heavy atom. The first-order chi connectivity index (χ1) is 6.77. The fraction of sp³-hybridized carbons (Fsp3) is 0.250. The van der Waals surface area contributed by atoms with Gasteiger partial charge in [0.2, 0.25) is 0 Å². The van der Waals surface area contributed by atoms with Gasteiger partial charge in [-0.2, -0.15) is 0 Å². The van der Waals surface area contributed by atoms with Crippen LogP contribution >= 0.6 is 0 Å². The Labute approximate surface area is 100.0 Å². The molecule has 86 valence electrons. The standard InChI is InChI=1S/C14H14.2CH4/c1-11-6-5-8-13(10-11)14-9-4-3-7-12(14)2;;/h3-10H,1-2H3;2*1H4. The van der Waals surface area contributed by atoms with E-state index in [9.17, 15) is 0 Å². The van der Waals surface area contributed by atoms with E-state index in [0.717, 1.165) is 0 Å². The summed E-state index contributed by atoms with van der Waals surface area (Å²) < 4.78 is 0. The third-order valence-corrected chi connectivity index (χ3v) is 2.47. The van der Waals surface area contributed by atoms with Crippen molar-refractivity contribution in [3.05, 3.63) is 59.7 Å². The molecule has 0 nitrogen and oxygen atoms in total. The van der Waals surface area contributed by atoms with Gasteiger partial charge in [0, 0.05) is 0 Å². The van der Waals surface area contributed by atoms with Crippen molar-refractivity contribution in [3.63, 3.8) is 0 Å². The maximum Gasteiger partial charge on any atom is -0.0155 e. The van der Waals surface area contributed by atoms with Gasteiger partial charge in [0.05, 0.1) is 0 Å². The second-order valence-electron chi connectivity index (χ2n) is 3.68. The van der Waals surface area contributed by atoms with Crippen molar-refractivity contribution in [2.24, 2.45) is 0 Å². The van der Waals surface area contributed by atoms with E-state index in [0.29, 0.717) is 0 Å². The van der Waals surface area contributed by atoms with Crippen molar-refractivity contribution in [2.45, 2.75) is 28.7 Å². The molecule has 0 unspecified atom stereocenters. The third kappa shape index (κ3) is 2.96. The molecule has 0 amide bonds. The normalized spacial score (nSPS) is 8.88. The number of rotatable bonds is 1. The lowest BCUT2D eigenvalue weighted by molar-refractivity contribution is 1.43. The second kappa shape index (κ2) is 6.12. The molecule has 0 aromatic heterocycles. The fourth-order valence-electron chi connectivity index (χ4n) is 1.71. The molecule has 0 heteroatoms. The first-order valence-corrected chi connectivity index (χ1v) is 4.90. The van der Waals surface area contributed by atoms with Crippen LogP contribution in [0.1, 0.15) is 26.0 Å². The predicted octanol–water partition coefficient (Wildman–Crippen LogP) is 5.24. The molecule has 16 heavy (non-hydrogen) atoms. The summed E-state index contributed by atoms with van der Waals surface area (Å²) in [5.74, 6) is 0. The zero-order valence-corrected chi connectivity index (χ0v) is 8.62. The van der Waals surface area contributed by atoms with Crippen LogP contribution in [0.15, 0.2) is 48.5 Å². The number of hydrogen-bond acceptors (Lipinski definition) is 0. The lowest BCUT2D eigenvalue weighted by atomic mass is 9.99. The van der Waals surface area contributed by atoms with Gasteiger partial charge >= 0.3 is 0 Å². The van der Waals surface area contributed by atoms with E-state index in [2.05, 4.69) is 62.4 Å². The number of aryl methyl sites for hydroxylation is 2. The minimum Gasteiger partial charge on any atom is -0.0776 e. The van der Waals surface area contributed by atoms with Crippen molar-refractivity contribution < 1.29 is 0 Å². The summed E-state index contributed by atoms with van der Waals surface area (Å²) >= 11 is 0. The largest absolute Gasteiger partial charge is 0.0776 e. The molecule has 0 saturated heterocycles. The lowest BCUT2D eigenvalue weighted by Crippen LogP contribution is -1.82. The molecule has 2 rings (SSSR count). The van der Waals surface area contributed by atoms with Gasteiger partial charge in [-0.05, 0) is 30.5 Å². The first kappa shape index (κ1) is 14.4. The van der Waals surface area contributed by atoms with Gasteiger partial charge in [-0.25, -0.2) is 0 Å². The molecule has 0 aliphatic carbocycles. The minimum atomic E-state index is 0. The van der Waals surface area contributed by atoms with E-state index in [-0.39, 0.29) is 14.9 Å². The molecule has 0 atom stereocenters. The molecule has 0 fully saturated rings. The van der Waals surface area contributed by atoms with E-state index in [1.807, 2.05) is 0 Å². The molecule has 0 aliphatic rings. The van der Waals surface area contributed by atoms with Gasteiger partial charge in [-0.3, -0.25) is 0 Å². The zero-order valence-electron chi connectivity index (χ0n) is 8.62. The van der Waals surface area contributed by atoms with Gasteiger partial charge in [-0.1, -0.05) is 68.9 Å². The lowest BCUT2D eigenvalue weighted by Gasteiger charge is -2.05. The third-order valence-electron chi connectivity index (χ3n) is 2.47. The van der Waals surface area contributed by atoms with E-state index in [1.54, 1.807) is 0 Å². The molecular weight excluding hydrogens is 192 g/mol. The molecule has 2 aromatic carbocycles. The monoisotopic (exact) mass is 214 g/mol. The van der Waals surface area contributed by atoms with E-state index in [4.69, 9.17) is 0 Å². The number of benzene rings is 2. The average molecular weight is 214 g/mol. The average Bonchev–Trinajstić information content (AvgIpc) is 2.18. The number of hydrogen-bond donors (Lipinski definition) is 0. The highest BCUT2D eigenvalue weighted by molar-refractivity contribution is 5.67. The first-order valence-electron chi connectivity index (χ1n) is 4.90. The Balaban J connectivity index is 0.00000112. The summed E-state index contributed by atoms with van der Waals surface area (Å²) in [4.78, 5) is 0. The Hall–Kier alpha value is -1.56. The highest BCUT2D eigenvalue weighted by Gasteiger charge is 1.99. The van der Waals surface area contributed by atoms with E-state index < -0.39 is 0 Å². The summed E-state index contributed by atoms with van der Waals surface area (Å²) in [5, 5.41) is 0. The van der Waals surface area contributed by atoms with Gasteiger partial charge in [-0.15, -0.1) is 0 Å². The van der Waals surface area contributed by atoms with Crippen molar-refractivity contribution in [3.8, 4) is 11.1 Å². The topological polar surface area (TPSA) is 0 Å². The molecule has 0 bridgehead atoms. The maximum atomic E-state index is 2.22. The Morgan fingerprint density at radius 1 is 0.750 bits per heavy atom. The minimum absolute atomic E-state index is 0. The fourth-order valence-corrected chi connectivity index (χ4v) is 1.71. The maximum absolute atomic E-state index is 2.22. The summed E-state index contributed by atoms with van der Waals surface area (Å²) in [5.41, 5.74) is 5.28. The van der Waals surface area contributed by atoms with Gasteiger partial charge in [0.15, 0.2) is 0 Å². The van der Waals surface area contributed by atoms with Crippen LogP contribution in [0.4, 0.5) is 0 Å². The van der Waals surface area contributed by atoms with Crippen LogP contribution in [-0.2, 0) is 0 Å². The molecule has 2 aromatic rings. The smallest absolute Gasteiger partial charge is 0.0155 e. The summed E-state index contributed by atoms with van der Waals surface area (Å²) in [6.45, 7) is 4.28. The zero-order chi connectivity index (χ0) is 9.97. The van der Waals surface area contributed by atoms with Crippen LogP contribution in [0.25, 0.3) is 11.1 Å². The predicted molar refractivity (Wildman–Crippen MR) is 74.8 cm³/mol. The van der Waals surface area contributed by atoms with E-state index >= 15 is 0 Å². The van der Waals surface area contributed by atoms with Crippen LogP contribution in [0.5, 0.6) is 0 Å². The second-order valence-corrected chi connectivity index (χ2v) is 3.68. The SMILES string of the molecule is C.C.Cc1cccc(-c2ccccc2C)c1. The molecular formula is C16H22. The van der Waals surface area contributed by atoms with Crippen molar-refractivity contribution in [1.82, 2.24) is 0 Å². The van der Waals surface area contributed by atoms with Crippen LogP contribution in [-0.4, -0.2) is 0 Å². The van der Waals surface area contributed by atoms with Crippen LogP contribution in [0.2, 0.25) is 0 Å². The molecule has 0 aliphatic heterocycles. The summed E-state index contributed by atoms with van der Waals surface area (Å²) in [6.07, 6.45) is 0.